The molecule has 0 spiro atoms. The second-order valence-electron chi connectivity index (χ2n) is 6.91. The zero-order valence-electron chi connectivity index (χ0n) is 17.8. The van der Waals surface area contributed by atoms with Crippen LogP contribution in [0.25, 0.3) is 0 Å². The normalized spacial score (nSPS) is 15.0. The minimum atomic E-state index is -0.537. The Hall–Kier alpha value is -3.87. The van der Waals surface area contributed by atoms with Crippen molar-refractivity contribution in [1.29, 1.82) is 0 Å². The summed E-state index contributed by atoms with van der Waals surface area (Å²) in [5.41, 5.74) is 2.79. The average Bonchev–Trinajstić information content (AvgIpc) is 2.83. The van der Waals surface area contributed by atoms with Crippen molar-refractivity contribution in [2.75, 3.05) is 38.7 Å². The Bertz CT molecular complexity index is 1100. The number of anilines is 2. The molecule has 1 aliphatic heterocycles. The Morgan fingerprint density at radius 3 is 2.06 bits per heavy atom. The quantitative estimate of drug-likeness (QED) is 0.634. The number of rotatable bonds is 6. The third-order valence-electron chi connectivity index (χ3n) is 5.31. The lowest BCUT2D eigenvalue weighted by Gasteiger charge is -2.38. The fourth-order valence-electron chi connectivity index (χ4n) is 3.75. The van der Waals surface area contributed by atoms with Crippen LogP contribution in [-0.4, -0.2) is 34.3 Å². The minimum Gasteiger partial charge on any atom is -0.497 e. The van der Waals surface area contributed by atoms with E-state index in [0.717, 1.165) is 16.9 Å². The SMILES string of the molecule is COc1ccc(N2C(=O)c3ccccc3N[C@@H]2c2cc(OC)c(OC)cc2OC)cc1. The number of nitrogens with zero attached hydrogens (tertiary/aromatic N) is 1. The first-order valence-corrected chi connectivity index (χ1v) is 9.74. The van der Waals surface area contributed by atoms with E-state index in [4.69, 9.17) is 18.9 Å². The molecular formula is C24H24N2O5. The van der Waals surface area contributed by atoms with Gasteiger partial charge in [-0.25, -0.2) is 0 Å². The molecule has 1 N–H and O–H groups in total. The van der Waals surface area contributed by atoms with Gasteiger partial charge in [0.2, 0.25) is 0 Å². The first-order valence-electron chi connectivity index (χ1n) is 9.74. The van der Waals surface area contributed by atoms with E-state index in [0.29, 0.717) is 28.6 Å². The topological polar surface area (TPSA) is 69.3 Å². The van der Waals surface area contributed by atoms with Crippen LogP contribution in [0.1, 0.15) is 22.1 Å². The fourth-order valence-corrected chi connectivity index (χ4v) is 3.75. The largest absolute Gasteiger partial charge is 0.497 e. The second kappa shape index (κ2) is 8.47. The lowest BCUT2D eigenvalue weighted by Crippen LogP contribution is -2.43. The van der Waals surface area contributed by atoms with Crippen molar-refractivity contribution in [3.05, 3.63) is 71.8 Å². The van der Waals surface area contributed by atoms with Gasteiger partial charge in [-0.2, -0.15) is 0 Å². The van der Waals surface area contributed by atoms with E-state index in [1.54, 1.807) is 39.4 Å². The molecule has 0 aromatic heterocycles. The fraction of sp³-hybridized carbons (Fsp3) is 0.208. The van der Waals surface area contributed by atoms with Crippen LogP contribution in [0.5, 0.6) is 23.0 Å². The lowest BCUT2D eigenvalue weighted by atomic mass is 10.0. The van der Waals surface area contributed by atoms with Crippen molar-refractivity contribution in [2.24, 2.45) is 0 Å². The Morgan fingerprint density at radius 1 is 0.774 bits per heavy atom. The lowest BCUT2D eigenvalue weighted by molar-refractivity contribution is 0.0974. The molecule has 0 bridgehead atoms. The summed E-state index contributed by atoms with van der Waals surface area (Å²) in [6.45, 7) is 0. The van der Waals surface area contributed by atoms with Gasteiger partial charge in [0.15, 0.2) is 11.5 Å². The number of ether oxygens (including phenoxy) is 4. The predicted octanol–water partition coefficient (Wildman–Crippen LogP) is 4.49. The van der Waals surface area contributed by atoms with Crippen molar-refractivity contribution >= 4 is 17.3 Å². The van der Waals surface area contributed by atoms with Crippen LogP contribution in [0.3, 0.4) is 0 Å². The van der Waals surface area contributed by atoms with Gasteiger partial charge in [0, 0.05) is 23.0 Å². The number of carbonyl (C=O) groups excluding carboxylic acids is 1. The highest BCUT2D eigenvalue weighted by Gasteiger charge is 2.36. The molecule has 1 amide bonds. The van der Waals surface area contributed by atoms with Crippen molar-refractivity contribution in [3.63, 3.8) is 0 Å². The van der Waals surface area contributed by atoms with E-state index in [9.17, 15) is 4.79 Å². The minimum absolute atomic E-state index is 0.124. The summed E-state index contributed by atoms with van der Waals surface area (Å²) in [4.78, 5) is 15.3. The maximum atomic E-state index is 13.6. The predicted molar refractivity (Wildman–Crippen MR) is 119 cm³/mol. The molecule has 1 aliphatic rings. The van der Waals surface area contributed by atoms with Gasteiger partial charge >= 0.3 is 0 Å². The third kappa shape index (κ3) is 3.59. The van der Waals surface area contributed by atoms with Crippen LogP contribution in [0.4, 0.5) is 11.4 Å². The van der Waals surface area contributed by atoms with Gasteiger partial charge in [-0.1, -0.05) is 12.1 Å². The number of para-hydroxylation sites is 1. The van der Waals surface area contributed by atoms with E-state index in [2.05, 4.69) is 5.32 Å². The van der Waals surface area contributed by atoms with E-state index >= 15 is 0 Å². The van der Waals surface area contributed by atoms with Crippen molar-refractivity contribution in [1.82, 2.24) is 0 Å². The van der Waals surface area contributed by atoms with E-state index in [-0.39, 0.29) is 5.91 Å². The van der Waals surface area contributed by atoms with Crippen LogP contribution in [0, 0.1) is 0 Å². The number of benzene rings is 3. The number of hydrogen-bond donors (Lipinski definition) is 1. The molecule has 160 valence electrons. The van der Waals surface area contributed by atoms with Crippen LogP contribution in [0.15, 0.2) is 60.7 Å². The molecule has 0 aliphatic carbocycles. The Kier molecular flexibility index (Phi) is 5.58. The maximum absolute atomic E-state index is 13.6. The first kappa shape index (κ1) is 20.4. The zero-order valence-corrected chi connectivity index (χ0v) is 17.8. The van der Waals surface area contributed by atoms with Gasteiger partial charge in [0.25, 0.3) is 5.91 Å². The molecule has 1 heterocycles. The van der Waals surface area contributed by atoms with Crippen LogP contribution < -0.4 is 29.2 Å². The summed E-state index contributed by atoms with van der Waals surface area (Å²) < 4.78 is 21.8. The Balaban J connectivity index is 1.90. The van der Waals surface area contributed by atoms with Gasteiger partial charge in [-0.05, 0) is 42.5 Å². The monoisotopic (exact) mass is 420 g/mol. The highest BCUT2D eigenvalue weighted by Crippen LogP contribution is 2.43. The van der Waals surface area contributed by atoms with Gasteiger partial charge < -0.3 is 24.3 Å². The second-order valence-corrected chi connectivity index (χ2v) is 6.91. The molecule has 3 aromatic carbocycles. The molecule has 3 aromatic rings. The third-order valence-corrected chi connectivity index (χ3v) is 5.31. The average molecular weight is 420 g/mol. The molecule has 7 heteroatoms. The highest BCUT2D eigenvalue weighted by molar-refractivity contribution is 6.12. The molecule has 31 heavy (non-hydrogen) atoms. The van der Waals surface area contributed by atoms with E-state index < -0.39 is 6.17 Å². The molecule has 0 unspecified atom stereocenters. The Morgan fingerprint density at radius 2 is 1.42 bits per heavy atom. The molecule has 1 atom stereocenters. The van der Waals surface area contributed by atoms with E-state index in [1.807, 2.05) is 54.6 Å². The zero-order chi connectivity index (χ0) is 22.0. The molecule has 0 radical (unpaired) electrons. The molecule has 7 nitrogen and oxygen atoms in total. The molecular weight excluding hydrogens is 396 g/mol. The molecule has 0 saturated heterocycles. The summed E-state index contributed by atoms with van der Waals surface area (Å²) in [5, 5.41) is 3.48. The van der Waals surface area contributed by atoms with Crippen LogP contribution in [-0.2, 0) is 0 Å². The molecule has 0 fully saturated rings. The van der Waals surface area contributed by atoms with Crippen molar-refractivity contribution in [2.45, 2.75) is 6.17 Å². The van der Waals surface area contributed by atoms with Gasteiger partial charge in [0.05, 0.1) is 34.0 Å². The molecule has 4 rings (SSSR count). The molecule has 0 saturated carbocycles. The number of carbonyl (C=O) groups is 1. The van der Waals surface area contributed by atoms with E-state index in [1.165, 1.54) is 0 Å². The summed E-state index contributed by atoms with van der Waals surface area (Å²) in [6.07, 6.45) is -0.537. The number of fused-ring (bicyclic) bond motifs is 1. The van der Waals surface area contributed by atoms with Crippen molar-refractivity contribution < 1.29 is 23.7 Å². The smallest absolute Gasteiger partial charge is 0.262 e. The summed E-state index contributed by atoms with van der Waals surface area (Å²) in [7, 11) is 6.33. The maximum Gasteiger partial charge on any atom is 0.262 e. The number of hydrogen-bond acceptors (Lipinski definition) is 6. The Labute approximate surface area is 181 Å². The summed E-state index contributed by atoms with van der Waals surface area (Å²) in [5.74, 6) is 2.24. The van der Waals surface area contributed by atoms with Crippen LogP contribution in [0.2, 0.25) is 0 Å². The summed E-state index contributed by atoms with van der Waals surface area (Å²) >= 11 is 0. The highest BCUT2D eigenvalue weighted by atomic mass is 16.5. The van der Waals surface area contributed by atoms with Gasteiger partial charge in [-0.15, -0.1) is 0 Å². The number of nitrogens with one attached hydrogen (secondary N) is 1. The van der Waals surface area contributed by atoms with Gasteiger partial charge in [0.1, 0.15) is 17.7 Å². The van der Waals surface area contributed by atoms with Crippen molar-refractivity contribution in [3.8, 4) is 23.0 Å². The van der Waals surface area contributed by atoms with Gasteiger partial charge in [-0.3, -0.25) is 9.69 Å². The number of amides is 1. The summed E-state index contributed by atoms with van der Waals surface area (Å²) in [6, 6.07) is 18.4. The number of methoxy groups -OCH3 is 4. The van der Waals surface area contributed by atoms with Crippen LogP contribution >= 0.6 is 0 Å². The first-order chi connectivity index (χ1) is 15.1. The standard InChI is InChI=1S/C24H24N2O5/c1-28-16-11-9-15(10-12-16)26-23(25-19-8-6-5-7-17(19)24(26)27)18-13-21(30-3)22(31-4)14-20(18)29-2/h5-14,23,25H,1-4H3/t23-/m0/s1.